The predicted molar refractivity (Wildman–Crippen MR) is 284 cm³/mol. The number of H-pyrrole nitrogens is 4. The van der Waals surface area contributed by atoms with Gasteiger partial charge < -0.3 is 55.0 Å². The number of amides is 2. The van der Waals surface area contributed by atoms with Gasteiger partial charge in [-0.05, 0) is 25.0 Å². The number of carbonyl (C=O) groups is 2. The Morgan fingerprint density at radius 2 is 1.15 bits per heavy atom. The summed E-state index contributed by atoms with van der Waals surface area (Å²) in [5.74, 6) is -0.00718. The second-order valence-corrected chi connectivity index (χ2v) is 20.9. The first kappa shape index (κ1) is 60.8. The number of phosphoric acid groups is 1. The Labute approximate surface area is 455 Å². The summed E-state index contributed by atoms with van der Waals surface area (Å²) in [4.78, 5) is 155. The highest BCUT2D eigenvalue weighted by atomic mass is 31.2. The number of aliphatic hydroxyl groups is 2. The number of rotatable bonds is 21. The number of hydrogen-bond donors (Lipinski definition) is 11. The van der Waals surface area contributed by atoms with Crippen LogP contribution >= 0.6 is 15.6 Å². The molecule has 0 aliphatic carbocycles. The summed E-state index contributed by atoms with van der Waals surface area (Å²) in [5.41, 5.74) is -1.95. The van der Waals surface area contributed by atoms with Crippen molar-refractivity contribution in [2.45, 2.75) is 95.7 Å². The Bertz CT molecular complexity index is 3710. The van der Waals surface area contributed by atoms with Crippen LogP contribution in [0, 0.1) is 0 Å². The van der Waals surface area contributed by atoms with Crippen LogP contribution in [-0.4, -0.2) is 148 Å². The molecule has 0 bridgehead atoms. The lowest BCUT2D eigenvalue weighted by Gasteiger charge is -2.18. The van der Waals surface area contributed by atoms with Crippen LogP contribution in [0.15, 0.2) is 82.0 Å². The van der Waals surface area contributed by atoms with Gasteiger partial charge in [0.25, 0.3) is 22.2 Å². The third kappa shape index (κ3) is 16.0. The molecule has 0 aromatic carbocycles. The molecule has 5 aromatic heterocycles. The standard InChI is InChI=1S/C24H27N8O9P.C21H25N6O10P.CH4/c33-16-10-20(41-17(16)12-40-42(38,39)31-9-8-25-13-31)32-11-14(22(35)30-24(32)37)3-4-19(34)26-6-1-2-18-28-15-5-7-27-21(15)23(36)29-18;28-13-8-17(37-14(13)10-36-38(33,34)35)27-9-11(19(30)26-21(27)32)3-4-16(29)22-6-1-2-15-24-12-5-7-23-18(12)20(31)25-15;/h3-4,7-9,11,13,16-17,20,33H,1-2,5-6,10,12H2,(H,26,34)(H,38,39)(H,28,29,36)(H,30,35,37);3-4,7,9,13-14,17,28H,1-2,5-6,8,10H2,(H,22,29)(H,24,25,31)(H,26,30,32)(H2,33,34,35);1H4/b2*4-3+;/t16?,17-,20-;13?,14-,17-;/m11./s1. The van der Waals surface area contributed by atoms with Crippen molar-refractivity contribution in [3.8, 4) is 0 Å². The van der Waals surface area contributed by atoms with Crippen molar-refractivity contribution in [3.05, 3.63) is 140 Å². The lowest BCUT2D eigenvalue weighted by Crippen LogP contribution is -2.33. The first-order valence-corrected chi connectivity index (χ1v) is 27.4. The summed E-state index contributed by atoms with van der Waals surface area (Å²) < 4.78 is 46.7. The maximum Gasteiger partial charge on any atom is 0.469 e. The molecule has 9 heterocycles. The van der Waals surface area contributed by atoms with E-state index in [1.165, 1.54) is 30.7 Å². The van der Waals surface area contributed by atoms with E-state index in [1.54, 1.807) is 12.4 Å². The molecule has 7 atom stereocenters. The van der Waals surface area contributed by atoms with Gasteiger partial charge in [-0.15, -0.1) is 0 Å². The van der Waals surface area contributed by atoms with Crippen LogP contribution in [0.2, 0.25) is 0 Å². The molecule has 3 unspecified atom stereocenters. The molecule has 11 N–H and O–H groups in total. The Morgan fingerprint density at radius 1 is 0.691 bits per heavy atom. The molecule has 2 saturated heterocycles. The molecule has 2 amide bonds. The van der Waals surface area contributed by atoms with E-state index in [1.807, 2.05) is 0 Å². The number of phosphoric ester groups is 1. The van der Waals surface area contributed by atoms with Crippen molar-refractivity contribution >= 4 is 63.3 Å². The highest BCUT2D eigenvalue weighted by molar-refractivity contribution is 7.51. The SMILES string of the molecule is C.O=C(/C=C/c1cn([C@H]2CC(O)[C@@H](COP(=O)(O)O)O2)c(=O)[nH]c1=O)NCCCc1nc2c(c(=O)[nH]1)N=CC2.O=C(/C=C/c1cn([C@H]2CC(O)[C@@H](COP(=O)(O)n3ccnc3)O2)c(=O)[nH]c1=O)NCCCc1nc2c(c(=O)[nH]1)N=CC2. The van der Waals surface area contributed by atoms with Gasteiger partial charge in [0, 0.05) is 101 Å². The maximum absolute atomic E-state index is 12.5. The van der Waals surface area contributed by atoms with Gasteiger partial charge in [0.05, 0.1) is 47.9 Å². The first-order valence-electron chi connectivity index (χ1n) is 24.4. The van der Waals surface area contributed by atoms with Gasteiger partial charge in [-0.2, -0.15) is 0 Å². The summed E-state index contributed by atoms with van der Waals surface area (Å²) >= 11 is 0. The zero-order valence-electron chi connectivity index (χ0n) is 41.7. The number of aryl methyl sites for hydroxylation is 2. The van der Waals surface area contributed by atoms with Crippen molar-refractivity contribution < 1.29 is 62.1 Å². The van der Waals surface area contributed by atoms with Crippen LogP contribution in [-0.2, 0) is 62.9 Å². The number of carbonyl (C=O) groups excluding carboxylic acids is 2. The molecule has 2 fully saturated rings. The molecule has 4 aliphatic heterocycles. The summed E-state index contributed by atoms with van der Waals surface area (Å²) in [5, 5.41) is 25.8. The number of aliphatic hydroxyl groups excluding tert-OH is 2. The molecule has 35 heteroatoms. The smallest absolute Gasteiger partial charge is 0.390 e. The summed E-state index contributed by atoms with van der Waals surface area (Å²) in [6.45, 7) is -0.529. The maximum atomic E-state index is 12.5. The number of ether oxygens (including phenoxy) is 2. The lowest BCUT2D eigenvalue weighted by molar-refractivity contribution is -0.117. The fourth-order valence-electron chi connectivity index (χ4n) is 8.30. The third-order valence-electron chi connectivity index (χ3n) is 12.3. The van der Waals surface area contributed by atoms with Gasteiger partial charge in [-0.25, -0.2) is 38.0 Å². The van der Waals surface area contributed by atoms with E-state index >= 15 is 0 Å². The summed E-state index contributed by atoms with van der Waals surface area (Å²) in [7, 11) is -9.05. The number of hydrogen-bond acceptors (Lipinski definition) is 21. The van der Waals surface area contributed by atoms with E-state index in [-0.39, 0.29) is 55.6 Å². The average molecular weight is 1170 g/mol. The van der Waals surface area contributed by atoms with Gasteiger partial charge in [0.1, 0.15) is 54.0 Å². The van der Waals surface area contributed by atoms with Crippen molar-refractivity contribution in [2.75, 3.05) is 26.3 Å². The topological polar surface area (TPSA) is 474 Å². The molecule has 0 spiro atoms. The third-order valence-corrected chi connectivity index (χ3v) is 14.1. The largest absolute Gasteiger partial charge is 0.469 e. The molecular weight excluding hydrogens is 1110 g/mol. The zero-order chi connectivity index (χ0) is 57.3. The van der Waals surface area contributed by atoms with Gasteiger partial charge in [-0.1, -0.05) is 7.43 Å². The number of fused-ring (bicyclic) bond motifs is 2. The van der Waals surface area contributed by atoms with Gasteiger partial charge in [0.2, 0.25) is 11.8 Å². The normalized spacial score (nSPS) is 20.7. The monoisotopic (exact) mass is 1170 g/mol. The number of nitrogens with zero attached hydrogens (tertiary/aromatic N) is 8. The first-order chi connectivity index (χ1) is 38.1. The van der Waals surface area contributed by atoms with Crippen LogP contribution in [0.5, 0.6) is 0 Å². The molecule has 81 heavy (non-hydrogen) atoms. The van der Waals surface area contributed by atoms with Crippen LogP contribution in [0.4, 0.5) is 11.4 Å². The Balaban J connectivity index is 0.000000232. The van der Waals surface area contributed by atoms with Crippen LogP contribution in [0.25, 0.3) is 12.2 Å². The van der Waals surface area contributed by atoms with E-state index in [0.29, 0.717) is 72.9 Å². The molecular formula is C46H56N14O19P2. The molecule has 5 aromatic rings. The highest BCUT2D eigenvalue weighted by Crippen LogP contribution is 2.44. The minimum absolute atomic E-state index is 0. The van der Waals surface area contributed by atoms with E-state index in [2.05, 4.69) is 60.0 Å². The molecule has 33 nitrogen and oxygen atoms in total. The molecule has 4 aliphatic rings. The number of aliphatic imine (C=N–C) groups is 2. The number of imidazole rings is 1. The van der Waals surface area contributed by atoms with Crippen molar-refractivity contribution in [2.24, 2.45) is 9.98 Å². The zero-order valence-corrected chi connectivity index (χ0v) is 43.5. The number of nitrogens with one attached hydrogen (secondary N) is 6. The quantitative estimate of drug-likeness (QED) is 0.0219. The minimum Gasteiger partial charge on any atom is -0.390 e. The Morgan fingerprint density at radius 3 is 1.58 bits per heavy atom. The van der Waals surface area contributed by atoms with Gasteiger partial charge in [-0.3, -0.25) is 66.9 Å². The Kier molecular flexibility index (Phi) is 20.0. The summed E-state index contributed by atoms with van der Waals surface area (Å²) in [6.07, 6.45) is 9.99. The highest BCUT2D eigenvalue weighted by Gasteiger charge is 2.39. The van der Waals surface area contributed by atoms with Crippen LogP contribution in [0.3, 0.4) is 0 Å². The van der Waals surface area contributed by atoms with Gasteiger partial charge >= 0.3 is 26.9 Å². The Hall–Kier alpha value is -7.81. The number of aromatic nitrogens is 10. The predicted octanol–water partition coefficient (Wildman–Crippen LogP) is -1.81. The van der Waals surface area contributed by atoms with Crippen molar-refractivity contribution in [1.82, 2.24) is 59.0 Å². The van der Waals surface area contributed by atoms with E-state index in [4.69, 9.17) is 23.8 Å². The molecule has 434 valence electrons. The fourth-order valence-corrected chi connectivity index (χ4v) is 9.53. The van der Waals surface area contributed by atoms with Crippen LogP contribution < -0.4 is 44.3 Å². The second-order valence-electron chi connectivity index (χ2n) is 18.0. The summed E-state index contributed by atoms with van der Waals surface area (Å²) in [6, 6.07) is 0. The van der Waals surface area contributed by atoms with Crippen molar-refractivity contribution in [1.29, 1.82) is 0 Å². The van der Waals surface area contributed by atoms with E-state index < -0.39 is 100.0 Å². The molecule has 9 rings (SSSR count). The van der Waals surface area contributed by atoms with Gasteiger partial charge in [0.15, 0.2) is 0 Å². The van der Waals surface area contributed by atoms with Crippen LogP contribution in [0.1, 0.15) is 79.7 Å². The van der Waals surface area contributed by atoms with Crippen molar-refractivity contribution in [3.63, 3.8) is 0 Å². The minimum atomic E-state index is -4.79. The molecule has 0 saturated carbocycles. The average Bonchev–Trinajstić information content (AvgIpc) is 4.29. The number of aromatic amines is 4. The van der Waals surface area contributed by atoms with E-state index in [0.717, 1.165) is 38.1 Å². The van der Waals surface area contributed by atoms with E-state index in [9.17, 15) is 62.6 Å². The fraction of sp³-hybridized carbons (Fsp3) is 0.413. The lowest BCUT2D eigenvalue weighted by atomic mass is 10.2. The molecule has 0 radical (unpaired) electrons. The second kappa shape index (κ2) is 26.6.